The van der Waals surface area contributed by atoms with E-state index >= 15 is 0 Å². The van der Waals surface area contributed by atoms with Gasteiger partial charge in [-0.05, 0) is 21.1 Å². The van der Waals surface area contributed by atoms with Crippen molar-refractivity contribution >= 4 is 11.9 Å². The standard InChI is InChI=1S/C4H6O4.C3H9N/c5-3(6)1-2-4(7)8;1-4(2)3/h1-2H2,(H,5,6)(H,7,8);1-3H3. The Bertz CT molecular complexity index is 128. The van der Waals surface area contributed by atoms with Gasteiger partial charge >= 0.3 is 11.9 Å². The van der Waals surface area contributed by atoms with Crippen molar-refractivity contribution in [1.29, 1.82) is 0 Å². The van der Waals surface area contributed by atoms with Gasteiger partial charge in [-0.3, -0.25) is 9.59 Å². The first-order valence-electron chi connectivity index (χ1n) is 3.40. The quantitative estimate of drug-likeness (QED) is 0.640. The minimum absolute atomic E-state index is 0.296. The molecular weight excluding hydrogens is 162 g/mol. The molecule has 72 valence electrons. The van der Waals surface area contributed by atoms with Crippen LogP contribution in [-0.2, 0) is 9.59 Å². The second kappa shape index (κ2) is 8.00. The second-order valence-corrected chi connectivity index (χ2v) is 2.63. The van der Waals surface area contributed by atoms with Crippen molar-refractivity contribution in [2.75, 3.05) is 21.1 Å². The molecule has 0 rings (SSSR count). The number of carboxylic acids is 2. The Morgan fingerprint density at radius 3 is 1.25 bits per heavy atom. The monoisotopic (exact) mass is 177 g/mol. The van der Waals surface area contributed by atoms with Crippen molar-refractivity contribution in [2.24, 2.45) is 0 Å². The van der Waals surface area contributed by atoms with Crippen LogP contribution in [-0.4, -0.2) is 48.2 Å². The average molecular weight is 177 g/mol. The highest BCUT2D eigenvalue weighted by Gasteiger charge is 2.00. The zero-order chi connectivity index (χ0) is 10.1. The van der Waals surface area contributed by atoms with E-state index in [4.69, 9.17) is 10.2 Å². The Morgan fingerprint density at radius 2 is 1.17 bits per heavy atom. The van der Waals surface area contributed by atoms with Crippen LogP contribution in [0, 0.1) is 0 Å². The maximum absolute atomic E-state index is 9.64. The van der Waals surface area contributed by atoms with Gasteiger partial charge < -0.3 is 15.1 Å². The summed E-state index contributed by atoms with van der Waals surface area (Å²) in [5.74, 6) is -2.15. The molecule has 0 amide bonds. The highest BCUT2D eigenvalue weighted by atomic mass is 16.4. The number of aliphatic carboxylic acids is 2. The van der Waals surface area contributed by atoms with E-state index in [1.165, 1.54) is 0 Å². The number of nitrogens with zero attached hydrogens (tertiary/aromatic N) is 1. The fourth-order valence-electron chi connectivity index (χ4n) is 0.214. The molecule has 0 heterocycles. The molecule has 0 fully saturated rings. The second-order valence-electron chi connectivity index (χ2n) is 2.63. The van der Waals surface area contributed by atoms with Gasteiger partial charge in [0.2, 0.25) is 0 Å². The molecule has 0 atom stereocenters. The lowest BCUT2D eigenvalue weighted by Gasteiger charge is -1.90. The van der Waals surface area contributed by atoms with Gasteiger partial charge in [0.15, 0.2) is 0 Å². The molecule has 0 aliphatic carbocycles. The summed E-state index contributed by atoms with van der Waals surface area (Å²) < 4.78 is 0. The minimum Gasteiger partial charge on any atom is -0.481 e. The van der Waals surface area contributed by atoms with Crippen molar-refractivity contribution < 1.29 is 19.8 Å². The first-order valence-corrected chi connectivity index (χ1v) is 3.40. The molecule has 5 heteroatoms. The van der Waals surface area contributed by atoms with Crippen LogP contribution in [0.3, 0.4) is 0 Å². The topological polar surface area (TPSA) is 77.8 Å². The fourth-order valence-corrected chi connectivity index (χ4v) is 0.214. The molecule has 0 aliphatic rings. The lowest BCUT2D eigenvalue weighted by Crippen LogP contribution is -2.00. The summed E-state index contributed by atoms with van der Waals surface area (Å²) in [6.45, 7) is 0. The third-order valence-electron chi connectivity index (χ3n) is 0.553. The normalized spacial score (nSPS) is 8.67. The van der Waals surface area contributed by atoms with Crippen LogP contribution < -0.4 is 0 Å². The van der Waals surface area contributed by atoms with Gasteiger partial charge in [0.25, 0.3) is 0 Å². The SMILES string of the molecule is CN(C)C.O=C(O)CCC(=O)O. The van der Waals surface area contributed by atoms with E-state index in [1.54, 1.807) is 0 Å². The van der Waals surface area contributed by atoms with Crippen molar-refractivity contribution in [3.05, 3.63) is 0 Å². The molecule has 5 nitrogen and oxygen atoms in total. The largest absolute Gasteiger partial charge is 0.481 e. The summed E-state index contributed by atoms with van der Waals surface area (Å²) in [4.78, 5) is 21.3. The van der Waals surface area contributed by atoms with Crippen LogP contribution in [0.15, 0.2) is 0 Å². The van der Waals surface area contributed by atoms with Crippen molar-refractivity contribution in [3.8, 4) is 0 Å². The zero-order valence-electron chi connectivity index (χ0n) is 7.57. The number of rotatable bonds is 3. The predicted octanol–water partition coefficient (Wildman–Crippen LogP) is 0.114. The minimum atomic E-state index is -1.08. The Labute approximate surface area is 71.6 Å². The van der Waals surface area contributed by atoms with E-state index in [0.717, 1.165) is 0 Å². The van der Waals surface area contributed by atoms with E-state index in [-0.39, 0.29) is 12.8 Å². The van der Waals surface area contributed by atoms with Gasteiger partial charge in [0.1, 0.15) is 0 Å². The molecule has 12 heavy (non-hydrogen) atoms. The Kier molecular flexibility index (Phi) is 8.99. The average Bonchev–Trinajstić information content (AvgIpc) is 1.82. The van der Waals surface area contributed by atoms with E-state index in [2.05, 4.69) is 0 Å². The summed E-state index contributed by atoms with van der Waals surface area (Å²) in [6.07, 6.45) is -0.593. The predicted molar refractivity (Wildman–Crippen MR) is 44.1 cm³/mol. The molecule has 0 spiro atoms. The van der Waals surface area contributed by atoms with Crippen LogP contribution >= 0.6 is 0 Å². The molecule has 0 saturated heterocycles. The summed E-state index contributed by atoms with van der Waals surface area (Å²) in [5, 5.41) is 15.8. The van der Waals surface area contributed by atoms with E-state index in [9.17, 15) is 9.59 Å². The van der Waals surface area contributed by atoms with Gasteiger partial charge in [-0.2, -0.15) is 0 Å². The van der Waals surface area contributed by atoms with Crippen LogP contribution in [0.1, 0.15) is 12.8 Å². The van der Waals surface area contributed by atoms with Crippen molar-refractivity contribution in [2.45, 2.75) is 12.8 Å². The lowest BCUT2D eigenvalue weighted by molar-refractivity contribution is -0.143. The number of hydrogen-bond donors (Lipinski definition) is 2. The number of carboxylic acid groups (broad SMARTS) is 2. The highest BCUT2D eigenvalue weighted by Crippen LogP contribution is 1.86. The van der Waals surface area contributed by atoms with Crippen LogP contribution in [0.25, 0.3) is 0 Å². The van der Waals surface area contributed by atoms with Crippen LogP contribution in [0.2, 0.25) is 0 Å². The molecular formula is C7H15NO4. The molecule has 0 saturated carbocycles. The van der Waals surface area contributed by atoms with E-state index < -0.39 is 11.9 Å². The smallest absolute Gasteiger partial charge is 0.303 e. The van der Waals surface area contributed by atoms with Crippen molar-refractivity contribution in [1.82, 2.24) is 4.90 Å². The fraction of sp³-hybridized carbons (Fsp3) is 0.714. The highest BCUT2D eigenvalue weighted by molar-refractivity contribution is 5.75. The van der Waals surface area contributed by atoms with Crippen molar-refractivity contribution in [3.63, 3.8) is 0 Å². The summed E-state index contributed by atoms with van der Waals surface area (Å²) in [5.41, 5.74) is 0. The third-order valence-corrected chi connectivity index (χ3v) is 0.553. The molecule has 0 aromatic rings. The van der Waals surface area contributed by atoms with Gasteiger partial charge in [-0.1, -0.05) is 0 Å². The maximum atomic E-state index is 9.64. The third kappa shape index (κ3) is 36.5. The number of carbonyl (C=O) groups is 2. The molecule has 0 aromatic carbocycles. The Hall–Kier alpha value is -1.10. The maximum Gasteiger partial charge on any atom is 0.303 e. The molecule has 0 aromatic heterocycles. The Balaban J connectivity index is 0. The van der Waals surface area contributed by atoms with Gasteiger partial charge in [-0.25, -0.2) is 0 Å². The first-order chi connectivity index (χ1) is 5.36. The van der Waals surface area contributed by atoms with Gasteiger partial charge in [0, 0.05) is 0 Å². The van der Waals surface area contributed by atoms with E-state index in [0.29, 0.717) is 0 Å². The van der Waals surface area contributed by atoms with E-state index in [1.807, 2.05) is 26.0 Å². The molecule has 0 aliphatic heterocycles. The van der Waals surface area contributed by atoms with Crippen LogP contribution in [0.4, 0.5) is 0 Å². The van der Waals surface area contributed by atoms with Crippen LogP contribution in [0.5, 0.6) is 0 Å². The summed E-state index contributed by atoms with van der Waals surface area (Å²) in [7, 11) is 6.00. The van der Waals surface area contributed by atoms with Gasteiger partial charge in [0.05, 0.1) is 12.8 Å². The van der Waals surface area contributed by atoms with Gasteiger partial charge in [-0.15, -0.1) is 0 Å². The molecule has 0 unspecified atom stereocenters. The molecule has 0 bridgehead atoms. The Morgan fingerprint density at radius 1 is 1.00 bits per heavy atom. The lowest BCUT2D eigenvalue weighted by atomic mass is 10.3. The number of hydrogen-bond acceptors (Lipinski definition) is 3. The molecule has 0 radical (unpaired) electrons. The summed E-state index contributed by atoms with van der Waals surface area (Å²) >= 11 is 0. The molecule has 2 N–H and O–H groups in total. The zero-order valence-corrected chi connectivity index (χ0v) is 7.57. The summed E-state index contributed by atoms with van der Waals surface area (Å²) in [6, 6.07) is 0. The first kappa shape index (κ1) is 13.5.